The van der Waals surface area contributed by atoms with Crippen LogP contribution in [0.15, 0.2) is 18.5 Å². The molecule has 0 aliphatic rings. The summed E-state index contributed by atoms with van der Waals surface area (Å²) in [6.45, 7) is 2.24. The summed E-state index contributed by atoms with van der Waals surface area (Å²) in [6, 6.07) is 1.34. The molecule has 3 N–H and O–H groups in total. The fourth-order valence-electron chi connectivity index (χ4n) is 0.986. The maximum absolute atomic E-state index is 11.5. The van der Waals surface area contributed by atoms with Crippen LogP contribution in [0.1, 0.15) is 17.3 Å². The zero-order valence-corrected chi connectivity index (χ0v) is 8.47. The van der Waals surface area contributed by atoms with E-state index in [0.717, 1.165) is 0 Å². The topological polar surface area (TPSA) is 82.5 Å². The van der Waals surface area contributed by atoms with Gasteiger partial charge in [0.1, 0.15) is 5.75 Å². The molecule has 0 bridgehead atoms. The summed E-state index contributed by atoms with van der Waals surface area (Å²) in [4.78, 5) is 15.2. The number of aliphatic hydroxyl groups excluding tert-OH is 1. The molecule has 0 aliphatic carbocycles. The lowest BCUT2D eigenvalue weighted by Crippen LogP contribution is -2.29. The van der Waals surface area contributed by atoms with E-state index in [1.165, 1.54) is 18.5 Å². The second kappa shape index (κ2) is 5.31. The van der Waals surface area contributed by atoms with Gasteiger partial charge in [-0.05, 0) is 12.0 Å². The van der Waals surface area contributed by atoms with Crippen LogP contribution in [-0.4, -0.2) is 34.3 Å². The van der Waals surface area contributed by atoms with Crippen LogP contribution in [-0.2, 0) is 0 Å². The lowest BCUT2D eigenvalue weighted by atomic mass is 10.2. The molecular weight excluding hydrogens is 196 g/mol. The molecule has 1 aromatic heterocycles. The first-order chi connectivity index (χ1) is 7.13. The van der Waals surface area contributed by atoms with Gasteiger partial charge in [0.2, 0.25) is 0 Å². The van der Waals surface area contributed by atoms with E-state index < -0.39 is 0 Å². The Morgan fingerprint density at radius 3 is 2.93 bits per heavy atom. The molecule has 1 heterocycles. The Balaban J connectivity index is 2.54. The van der Waals surface area contributed by atoms with Crippen molar-refractivity contribution < 1.29 is 15.0 Å². The van der Waals surface area contributed by atoms with Gasteiger partial charge < -0.3 is 15.5 Å². The van der Waals surface area contributed by atoms with Gasteiger partial charge in [0.05, 0.1) is 11.8 Å². The number of aromatic hydroxyl groups is 1. The van der Waals surface area contributed by atoms with Crippen molar-refractivity contribution in [3.63, 3.8) is 0 Å². The number of hydrogen-bond acceptors (Lipinski definition) is 4. The zero-order chi connectivity index (χ0) is 11.3. The summed E-state index contributed by atoms with van der Waals surface area (Å²) in [5, 5.41) is 20.5. The largest absolute Gasteiger partial charge is 0.506 e. The second-order valence-electron chi connectivity index (χ2n) is 3.43. The highest BCUT2D eigenvalue weighted by atomic mass is 16.3. The number of amides is 1. The van der Waals surface area contributed by atoms with Crippen molar-refractivity contribution in [3.8, 4) is 5.75 Å². The maximum Gasteiger partial charge on any atom is 0.252 e. The lowest BCUT2D eigenvalue weighted by molar-refractivity contribution is 0.0941. The van der Waals surface area contributed by atoms with E-state index in [4.69, 9.17) is 10.2 Å². The minimum absolute atomic E-state index is 0.0132. The molecule has 1 atom stereocenters. The summed E-state index contributed by atoms with van der Waals surface area (Å²) in [5.74, 6) is -0.337. The third kappa shape index (κ3) is 3.55. The first-order valence-electron chi connectivity index (χ1n) is 4.66. The van der Waals surface area contributed by atoms with E-state index in [9.17, 15) is 4.79 Å². The van der Waals surface area contributed by atoms with E-state index in [0.29, 0.717) is 12.1 Å². The number of hydrogen-bond donors (Lipinski definition) is 3. The van der Waals surface area contributed by atoms with Crippen LogP contribution in [0.5, 0.6) is 5.75 Å². The van der Waals surface area contributed by atoms with E-state index in [2.05, 4.69) is 10.3 Å². The maximum atomic E-state index is 11.5. The number of rotatable bonds is 4. The van der Waals surface area contributed by atoms with Crippen molar-refractivity contribution in [1.82, 2.24) is 10.3 Å². The fourth-order valence-corrected chi connectivity index (χ4v) is 0.986. The van der Waals surface area contributed by atoms with Crippen molar-refractivity contribution in [2.75, 3.05) is 13.2 Å². The van der Waals surface area contributed by atoms with Gasteiger partial charge in [-0.2, -0.15) is 0 Å². The summed E-state index contributed by atoms with van der Waals surface area (Å²) < 4.78 is 0. The van der Waals surface area contributed by atoms with Gasteiger partial charge in [0, 0.05) is 19.3 Å². The molecule has 0 spiro atoms. The summed E-state index contributed by atoms with van der Waals surface area (Å²) in [7, 11) is 0. The van der Waals surface area contributed by atoms with Gasteiger partial charge in [-0.3, -0.25) is 9.78 Å². The molecule has 0 saturated carbocycles. The highest BCUT2D eigenvalue weighted by Gasteiger charge is 2.07. The Labute approximate surface area is 87.8 Å². The molecular formula is C10H14N2O3. The van der Waals surface area contributed by atoms with Crippen LogP contribution in [0.3, 0.4) is 0 Å². The molecule has 5 heteroatoms. The average molecular weight is 210 g/mol. The Bertz CT molecular complexity index is 341. The van der Waals surface area contributed by atoms with Crippen LogP contribution in [0.4, 0.5) is 0 Å². The highest BCUT2D eigenvalue weighted by Crippen LogP contribution is 2.08. The molecule has 1 rings (SSSR count). The molecule has 0 radical (unpaired) electrons. The van der Waals surface area contributed by atoms with E-state index in [1.54, 1.807) is 0 Å². The number of carbonyl (C=O) groups excluding carboxylic acids is 1. The van der Waals surface area contributed by atoms with E-state index >= 15 is 0 Å². The van der Waals surface area contributed by atoms with Crippen LogP contribution >= 0.6 is 0 Å². The van der Waals surface area contributed by atoms with Gasteiger partial charge in [-0.25, -0.2) is 0 Å². The predicted octanol–water partition coefficient (Wildman–Crippen LogP) is 0.145. The SMILES string of the molecule is CC(CO)CNC(=O)c1cncc(O)c1. The Morgan fingerprint density at radius 1 is 1.60 bits per heavy atom. The number of pyridine rings is 1. The average Bonchev–Trinajstić information content (AvgIpc) is 2.25. The summed E-state index contributed by atoms with van der Waals surface area (Å²) >= 11 is 0. The first-order valence-corrected chi connectivity index (χ1v) is 4.66. The molecule has 0 saturated heterocycles. The van der Waals surface area contributed by atoms with Crippen LogP contribution in [0.25, 0.3) is 0 Å². The van der Waals surface area contributed by atoms with Crippen molar-refractivity contribution in [2.45, 2.75) is 6.92 Å². The fraction of sp³-hybridized carbons (Fsp3) is 0.400. The second-order valence-corrected chi connectivity index (χ2v) is 3.43. The number of aliphatic hydroxyl groups is 1. The minimum Gasteiger partial charge on any atom is -0.506 e. The van der Waals surface area contributed by atoms with Gasteiger partial charge in [-0.1, -0.05) is 6.92 Å². The molecule has 0 aromatic carbocycles. The number of aromatic nitrogens is 1. The van der Waals surface area contributed by atoms with Crippen molar-refractivity contribution >= 4 is 5.91 Å². The molecule has 0 aliphatic heterocycles. The molecule has 5 nitrogen and oxygen atoms in total. The standard InChI is InChI=1S/C10H14N2O3/c1-7(6-13)3-12-10(15)8-2-9(14)5-11-4-8/h2,4-5,7,13-14H,3,6H2,1H3,(H,12,15). The molecule has 15 heavy (non-hydrogen) atoms. The normalized spacial score (nSPS) is 12.1. The van der Waals surface area contributed by atoms with Crippen molar-refractivity contribution in [1.29, 1.82) is 0 Å². The van der Waals surface area contributed by atoms with Gasteiger partial charge in [-0.15, -0.1) is 0 Å². The predicted molar refractivity (Wildman–Crippen MR) is 54.5 cm³/mol. The van der Waals surface area contributed by atoms with Gasteiger partial charge in [0.25, 0.3) is 5.91 Å². The Kier molecular flexibility index (Phi) is 4.05. The molecule has 0 fully saturated rings. The quantitative estimate of drug-likeness (QED) is 0.660. The first kappa shape index (κ1) is 11.5. The lowest BCUT2D eigenvalue weighted by Gasteiger charge is -2.09. The third-order valence-electron chi connectivity index (χ3n) is 1.91. The number of nitrogens with zero attached hydrogens (tertiary/aromatic N) is 1. The molecule has 1 unspecified atom stereocenters. The Hall–Kier alpha value is -1.62. The van der Waals surface area contributed by atoms with Crippen LogP contribution < -0.4 is 5.32 Å². The Morgan fingerprint density at radius 2 is 2.33 bits per heavy atom. The zero-order valence-electron chi connectivity index (χ0n) is 8.47. The molecule has 1 amide bonds. The summed E-state index contributed by atoms with van der Waals surface area (Å²) in [6.07, 6.45) is 2.63. The third-order valence-corrected chi connectivity index (χ3v) is 1.91. The van der Waals surface area contributed by atoms with Gasteiger partial charge >= 0.3 is 0 Å². The smallest absolute Gasteiger partial charge is 0.252 e. The summed E-state index contributed by atoms with van der Waals surface area (Å²) in [5.41, 5.74) is 0.306. The van der Waals surface area contributed by atoms with E-state index in [1.807, 2.05) is 6.92 Å². The van der Waals surface area contributed by atoms with Crippen molar-refractivity contribution in [3.05, 3.63) is 24.0 Å². The number of carbonyl (C=O) groups is 1. The monoisotopic (exact) mass is 210 g/mol. The minimum atomic E-state index is -0.307. The van der Waals surface area contributed by atoms with Crippen molar-refractivity contribution in [2.24, 2.45) is 5.92 Å². The van der Waals surface area contributed by atoms with Crippen LogP contribution in [0, 0.1) is 5.92 Å². The van der Waals surface area contributed by atoms with Crippen LogP contribution in [0.2, 0.25) is 0 Å². The molecule has 1 aromatic rings. The van der Waals surface area contributed by atoms with E-state index in [-0.39, 0.29) is 24.2 Å². The van der Waals surface area contributed by atoms with Gasteiger partial charge in [0.15, 0.2) is 0 Å². The molecule has 82 valence electrons. The number of nitrogens with one attached hydrogen (secondary N) is 1. The highest BCUT2D eigenvalue weighted by molar-refractivity contribution is 5.94.